The molecule has 0 bridgehead atoms. The third-order valence-corrected chi connectivity index (χ3v) is 5.45. The van der Waals surface area contributed by atoms with E-state index in [9.17, 15) is 14.7 Å². The summed E-state index contributed by atoms with van der Waals surface area (Å²) in [5.74, 6) is 0.152. The lowest BCUT2D eigenvalue weighted by Crippen LogP contribution is -2.50. The number of nitrogens with zero attached hydrogens (tertiary/aromatic N) is 1. The lowest BCUT2D eigenvalue weighted by Gasteiger charge is -2.31. The third-order valence-electron chi connectivity index (χ3n) is 3.99. The maximum absolute atomic E-state index is 12.7. The summed E-state index contributed by atoms with van der Waals surface area (Å²) in [6.07, 6.45) is 2.93. The zero-order valence-electron chi connectivity index (χ0n) is 12.1. The quantitative estimate of drug-likeness (QED) is 0.774. The van der Waals surface area contributed by atoms with Crippen molar-refractivity contribution < 1.29 is 14.7 Å². The van der Waals surface area contributed by atoms with Gasteiger partial charge in [0.1, 0.15) is 6.04 Å². The van der Waals surface area contributed by atoms with Crippen LogP contribution in [0.3, 0.4) is 0 Å². The molecule has 0 spiro atoms. The van der Waals surface area contributed by atoms with Crippen LogP contribution in [-0.2, 0) is 9.59 Å². The molecule has 1 amide bonds. The van der Waals surface area contributed by atoms with Crippen LogP contribution in [0.1, 0.15) is 33.1 Å². The van der Waals surface area contributed by atoms with E-state index in [1.165, 1.54) is 0 Å². The number of amides is 1. The van der Waals surface area contributed by atoms with E-state index in [1.807, 2.05) is 0 Å². The number of carboxylic acids is 1. The second kappa shape index (κ2) is 6.35. The normalized spacial score (nSPS) is 27.9. The lowest BCUT2D eigenvalue weighted by molar-refractivity contribution is -0.151. The molecule has 5 nitrogen and oxygen atoms in total. The Morgan fingerprint density at radius 2 is 2.05 bits per heavy atom. The summed E-state index contributed by atoms with van der Waals surface area (Å²) in [6.45, 7) is 4.41. The number of aliphatic carboxylic acids is 1. The molecule has 6 heteroatoms. The molecule has 0 aromatic heterocycles. The zero-order valence-corrected chi connectivity index (χ0v) is 12.9. The highest BCUT2D eigenvalue weighted by molar-refractivity contribution is 8.00. The van der Waals surface area contributed by atoms with Crippen molar-refractivity contribution in [3.63, 3.8) is 0 Å². The molecule has 1 saturated carbocycles. The Labute approximate surface area is 124 Å². The monoisotopic (exact) mass is 300 g/mol. The number of carbonyl (C=O) groups excluding carboxylic acids is 1. The smallest absolute Gasteiger partial charge is 0.327 e. The number of hydrogen-bond acceptors (Lipinski definition) is 4. The van der Waals surface area contributed by atoms with E-state index in [2.05, 4.69) is 13.8 Å². The van der Waals surface area contributed by atoms with Crippen LogP contribution in [0.25, 0.3) is 0 Å². The molecule has 0 aromatic carbocycles. The Hall–Kier alpha value is -0.750. The predicted octanol–water partition coefficient (Wildman–Crippen LogP) is 1.37. The molecule has 2 fully saturated rings. The summed E-state index contributed by atoms with van der Waals surface area (Å²) < 4.78 is 0. The highest BCUT2D eigenvalue weighted by Crippen LogP contribution is 2.46. The summed E-state index contributed by atoms with van der Waals surface area (Å²) >= 11 is 1.62. The first-order valence-corrected chi connectivity index (χ1v) is 8.37. The van der Waals surface area contributed by atoms with Crippen molar-refractivity contribution in [1.29, 1.82) is 0 Å². The number of carboxylic acid groups (broad SMARTS) is 1. The van der Waals surface area contributed by atoms with Crippen LogP contribution in [0.15, 0.2) is 0 Å². The van der Waals surface area contributed by atoms with Gasteiger partial charge in [-0.25, -0.2) is 4.79 Å². The third kappa shape index (κ3) is 3.28. The molecule has 20 heavy (non-hydrogen) atoms. The topological polar surface area (TPSA) is 83.6 Å². The van der Waals surface area contributed by atoms with E-state index in [4.69, 9.17) is 5.73 Å². The minimum atomic E-state index is -0.894. The van der Waals surface area contributed by atoms with Gasteiger partial charge in [-0.05, 0) is 31.1 Å². The van der Waals surface area contributed by atoms with Crippen LogP contribution in [0.4, 0.5) is 0 Å². The highest BCUT2D eigenvalue weighted by atomic mass is 32.2. The van der Waals surface area contributed by atoms with Crippen molar-refractivity contribution in [1.82, 2.24) is 4.90 Å². The molecule has 1 aliphatic heterocycles. The summed E-state index contributed by atoms with van der Waals surface area (Å²) in [4.78, 5) is 25.8. The number of carbonyl (C=O) groups is 2. The number of thioether (sulfide) groups is 1. The van der Waals surface area contributed by atoms with Gasteiger partial charge in [0.05, 0.1) is 11.3 Å². The Morgan fingerprint density at radius 1 is 1.40 bits per heavy atom. The Balaban J connectivity index is 2.15. The van der Waals surface area contributed by atoms with Gasteiger partial charge in [-0.1, -0.05) is 13.8 Å². The van der Waals surface area contributed by atoms with Gasteiger partial charge in [0.2, 0.25) is 5.91 Å². The molecular weight excluding hydrogens is 276 g/mol. The predicted molar refractivity (Wildman–Crippen MR) is 79.2 cm³/mol. The van der Waals surface area contributed by atoms with E-state index in [1.54, 1.807) is 16.7 Å². The van der Waals surface area contributed by atoms with Crippen molar-refractivity contribution in [3.05, 3.63) is 0 Å². The summed E-state index contributed by atoms with van der Waals surface area (Å²) in [6, 6.07) is -0.681. The molecule has 3 N–H and O–H groups in total. The SMILES string of the molecule is CC(C)CC(CN)C(=O)N1C(C(=O)O)CSC1C1CC1. The fourth-order valence-corrected chi connectivity index (χ4v) is 4.46. The van der Waals surface area contributed by atoms with E-state index in [-0.39, 0.29) is 17.2 Å². The molecule has 0 radical (unpaired) electrons. The minimum Gasteiger partial charge on any atom is -0.480 e. The lowest BCUT2D eigenvalue weighted by atomic mass is 9.95. The van der Waals surface area contributed by atoms with Crippen LogP contribution < -0.4 is 5.73 Å². The van der Waals surface area contributed by atoms with E-state index >= 15 is 0 Å². The van der Waals surface area contributed by atoms with E-state index in [0.717, 1.165) is 19.3 Å². The van der Waals surface area contributed by atoms with Crippen LogP contribution >= 0.6 is 11.8 Å². The second-order valence-electron chi connectivity index (χ2n) is 6.22. The van der Waals surface area contributed by atoms with Gasteiger partial charge >= 0.3 is 5.97 Å². The largest absolute Gasteiger partial charge is 0.480 e. The number of rotatable bonds is 6. The van der Waals surface area contributed by atoms with Crippen LogP contribution in [0.2, 0.25) is 0 Å². The fraction of sp³-hybridized carbons (Fsp3) is 0.857. The Morgan fingerprint density at radius 3 is 2.50 bits per heavy atom. The highest BCUT2D eigenvalue weighted by Gasteiger charge is 2.49. The van der Waals surface area contributed by atoms with E-state index in [0.29, 0.717) is 24.1 Å². The minimum absolute atomic E-state index is 0.0461. The van der Waals surface area contributed by atoms with Crippen molar-refractivity contribution in [3.8, 4) is 0 Å². The molecule has 1 heterocycles. The summed E-state index contributed by atoms with van der Waals surface area (Å²) in [5, 5.41) is 9.40. The molecule has 114 valence electrons. The molecule has 3 atom stereocenters. The van der Waals surface area contributed by atoms with Gasteiger partial charge in [0.15, 0.2) is 0 Å². The first-order chi connectivity index (χ1) is 9.45. The van der Waals surface area contributed by atoms with Crippen LogP contribution in [0.5, 0.6) is 0 Å². The molecule has 1 saturated heterocycles. The first kappa shape index (κ1) is 15.6. The average molecular weight is 300 g/mol. The van der Waals surface area contributed by atoms with Crippen molar-refractivity contribution in [2.45, 2.75) is 44.5 Å². The second-order valence-corrected chi connectivity index (χ2v) is 7.37. The van der Waals surface area contributed by atoms with Gasteiger partial charge < -0.3 is 15.7 Å². The Bertz CT molecular complexity index is 385. The van der Waals surface area contributed by atoms with Crippen LogP contribution in [-0.4, -0.2) is 45.6 Å². The molecule has 2 rings (SSSR count). The van der Waals surface area contributed by atoms with Crippen molar-refractivity contribution in [2.75, 3.05) is 12.3 Å². The van der Waals surface area contributed by atoms with Gasteiger partial charge in [0.25, 0.3) is 0 Å². The maximum Gasteiger partial charge on any atom is 0.327 e. The molecule has 2 aliphatic rings. The average Bonchev–Trinajstić information content (AvgIpc) is 3.13. The Kier molecular flexibility index (Phi) is 4.96. The molecule has 3 unspecified atom stereocenters. The molecular formula is C14H24N2O3S. The maximum atomic E-state index is 12.7. The van der Waals surface area contributed by atoms with Gasteiger partial charge in [-0.2, -0.15) is 0 Å². The first-order valence-electron chi connectivity index (χ1n) is 7.32. The standard InChI is InChI=1S/C14H24N2O3S/c1-8(2)5-10(6-15)12(17)16-11(14(18)19)7-20-13(16)9-3-4-9/h8-11,13H,3-7,15H2,1-2H3,(H,18,19). The summed E-state index contributed by atoms with van der Waals surface area (Å²) in [7, 11) is 0. The molecule has 1 aliphatic carbocycles. The van der Waals surface area contributed by atoms with Crippen LogP contribution in [0, 0.1) is 17.8 Å². The van der Waals surface area contributed by atoms with Gasteiger partial charge in [0, 0.05) is 12.3 Å². The molecule has 0 aromatic rings. The van der Waals surface area contributed by atoms with E-state index < -0.39 is 12.0 Å². The van der Waals surface area contributed by atoms with Gasteiger partial charge in [-0.15, -0.1) is 11.8 Å². The number of nitrogens with two attached hydrogens (primary N) is 1. The summed E-state index contributed by atoms with van der Waals surface area (Å²) in [5.41, 5.74) is 5.75. The fourth-order valence-electron chi connectivity index (χ4n) is 2.82. The van der Waals surface area contributed by atoms with Crippen molar-refractivity contribution in [2.24, 2.45) is 23.5 Å². The number of hydrogen-bond donors (Lipinski definition) is 2. The van der Waals surface area contributed by atoms with Crippen molar-refractivity contribution >= 4 is 23.6 Å². The van der Waals surface area contributed by atoms with Gasteiger partial charge in [-0.3, -0.25) is 4.79 Å². The zero-order chi connectivity index (χ0) is 14.9.